The second-order valence-electron chi connectivity index (χ2n) is 8.60. The van der Waals surface area contributed by atoms with Crippen molar-refractivity contribution in [3.63, 3.8) is 0 Å². The van der Waals surface area contributed by atoms with Gasteiger partial charge in [0.1, 0.15) is 5.75 Å². The lowest BCUT2D eigenvalue weighted by Crippen LogP contribution is -2.42. The van der Waals surface area contributed by atoms with Gasteiger partial charge in [-0.3, -0.25) is 4.79 Å². The molecular weight excluding hydrogens is 409 g/mol. The largest absolute Gasteiger partial charge is 0.473 e. The number of carbonyl (C=O) groups is 1. The van der Waals surface area contributed by atoms with Crippen molar-refractivity contribution in [3.05, 3.63) is 29.3 Å². The van der Waals surface area contributed by atoms with E-state index in [1.54, 1.807) is 0 Å². The third-order valence-corrected chi connectivity index (χ3v) is 5.91. The Bertz CT molecular complexity index is 735. The lowest BCUT2D eigenvalue weighted by Gasteiger charge is -2.31. The second-order valence-corrected chi connectivity index (χ2v) is 8.60. The first-order valence-electron chi connectivity index (χ1n) is 11.3. The van der Waals surface area contributed by atoms with E-state index in [1.807, 2.05) is 0 Å². The molecule has 2 heterocycles. The highest BCUT2D eigenvalue weighted by Gasteiger charge is 2.36. The van der Waals surface area contributed by atoms with Crippen molar-refractivity contribution >= 4 is 5.91 Å². The van der Waals surface area contributed by atoms with E-state index in [0.717, 1.165) is 57.5 Å². The summed E-state index contributed by atoms with van der Waals surface area (Å²) in [4.78, 5) is 14.4. The van der Waals surface area contributed by atoms with Crippen molar-refractivity contribution in [2.24, 2.45) is 5.92 Å². The van der Waals surface area contributed by atoms with Gasteiger partial charge in [0.2, 0.25) is 5.91 Å². The fraction of sp³-hybridized carbons (Fsp3) is 0.696. The van der Waals surface area contributed by atoms with Gasteiger partial charge in [-0.15, -0.1) is 0 Å². The van der Waals surface area contributed by atoms with Crippen LogP contribution >= 0.6 is 0 Å². The highest BCUT2D eigenvalue weighted by atomic mass is 19.4. The Hall–Kier alpha value is -1.80. The van der Waals surface area contributed by atoms with Crippen LogP contribution in [0.2, 0.25) is 0 Å². The van der Waals surface area contributed by atoms with E-state index in [9.17, 15) is 18.0 Å². The van der Waals surface area contributed by atoms with E-state index in [-0.39, 0.29) is 25.1 Å². The number of hydrogen-bond donors (Lipinski definition) is 1. The zero-order chi connectivity index (χ0) is 22.4. The summed E-state index contributed by atoms with van der Waals surface area (Å²) in [5.41, 5.74) is -0.310. The highest BCUT2D eigenvalue weighted by Crippen LogP contribution is 2.35. The predicted octanol–water partition coefficient (Wildman–Crippen LogP) is 4.74. The van der Waals surface area contributed by atoms with E-state index < -0.39 is 11.7 Å². The van der Waals surface area contributed by atoms with Crippen molar-refractivity contribution in [2.75, 3.05) is 19.9 Å². The van der Waals surface area contributed by atoms with Crippen molar-refractivity contribution in [1.29, 1.82) is 0 Å². The molecule has 1 aromatic carbocycles. The molecule has 3 aliphatic rings. The van der Waals surface area contributed by atoms with E-state index in [0.29, 0.717) is 23.4 Å². The number of nitrogens with zero attached hydrogens (tertiary/aromatic N) is 1. The molecule has 5 nitrogen and oxygen atoms in total. The maximum Gasteiger partial charge on any atom is 0.416 e. The third kappa shape index (κ3) is 6.35. The molecule has 174 valence electrons. The maximum atomic E-state index is 13.0. The number of benzene rings is 1. The van der Waals surface area contributed by atoms with Crippen molar-refractivity contribution < 1.29 is 27.4 Å². The minimum atomic E-state index is -4.41. The van der Waals surface area contributed by atoms with Crippen LogP contribution in [0.5, 0.6) is 5.75 Å². The Morgan fingerprint density at radius 2 is 1.84 bits per heavy atom. The van der Waals surface area contributed by atoms with Crippen LogP contribution < -0.4 is 10.1 Å². The van der Waals surface area contributed by atoms with Gasteiger partial charge in [0.05, 0.1) is 12.1 Å². The van der Waals surface area contributed by atoms with Crippen LogP contribution in [0.15, 0.2) is 18.2 Å². The smallest absolute Gasteiger partial charge is 0.416 e. The summed E-state index contributed by atoms with van der Waals surface area (Å²) in [6.07, 6.45) is 1.34. The topological polar surface area (TPSA) is 50.8 Å². The average molecular weight is 443 g/mol. The van der Waals surface area contributed by atoms with Gasteiger partial charge in [0, 0.05) is 36.8 Å². The molecule has 0 bridgehead atoms. The number of fused-ring (bicyclic) bond motifs is 1. The number of halogens is 3. The number of nitrogens with one attached hydrogen (secondary N) is 1. The fourth-order valence-corrected chi connectivity index (χ4v) is 4.37. The van der Waals surface area contributed by atoms with Crippen LogP contribution in [0, 0.1) is 5.92 Å². The molecule has 1 saturated heterocycles. The molecule has 0 radical (unpaired) electrons. The summed E-state index contributed by atoms with van der Waals surface area (Å²) in [5.74, 6) is 0.287. The van der Waals surface area contributed by atoms with Crippen LogP contribution in [0.3, 0.4) is 0 Å². The molecule has 1 saturated carbocycles. The molecule has 2 unspecified atom stereocenters. The zero-order valence-corrected chi connectivity index (χ0v) is 18.3. The van der Waals surface area contributed by atoms with E-state index in [4.69, 9.17) is 9.47 Å². The number of rotatable bonds is 3. The van der Waals surface area contributed by atoms with Gasteiger partial charge in [-0.2, -0.15) is 13.2 Å². The number of alkyl halides is 3. The molecule has 2 aliphatic heterocycles. The predicted molar refractivity (Wildman–Crippen MR) is 112 cm³/mol. The Morgan fingerprint density at radius 3 is 2.52 bits per heavy atom. The first-order valence-corrected chi connectivity index (χ1v) is 11.3. The van der Waals surface area contributed by atoms with E-state index >= 15 is 0 Å². The van der Waals surface area contributed by atoms with Crippen LogP contribution in [0.4, 0.5) is 13.2 Å². The third-order valence-electron chi connectivity index (χ3n) is 5.91. The second kappa shape index (κ2) is 10.7. The summed E-state index contributed by atoms with van der Waals surface area (Å²) in [6, 6.07) is 4.19. The van der Waals surface area contributed by atoms with Gasteiger partial charge in [-0.25, -0.2) is 0 Å². The summed E-state index contributed by atoms with van der Waals surface area (Å²) >= 11 is 0. The normalized spacial score (nSPS) is 24.1. The van der Waals surface area contributed by atoms with Gasteiger partial charge in [-0.05, 0) is 50.3 Å². The van der Waals surface area contributed by atoms with Gasteiger partial charge in [0.25, 0.3) is 0 Å². The standard InChI is InChI=1S/C20H25F3N2O3.C3H8/c21-20(22,23)15-2-4-18-14(9-15)11-25(12-28-18)19(26)13-1-3-17(10-13)24-16-5-7-27-8-6-16;1-3-2/h2,4,9,13,16-17,24H,1,3,5-8,10-12H2;3H2,1-2H3. The average Bonchev–Trinajstić information content (AvgIpc) is 3.21. The number of ether oxygens (including phenoxy) is 2. The molecule has 0 spiro atoms. The molecular formula is C23H33F3N2O3. The van der Waals surface area contributed by atoms with Crippen molar-refractivity contribution in [2.45, 2.75) is 77.2 Å². The van der Waals surface area contributed by atoms with Crippen molar-refractivity contribution in [1.82, 2.24) is 10.2 Å². The van der Waals surface area contributed by atoms with Gasteiger partial charge in [0.15, 0.2) is 6.73 Å². The Balaban J connectivity index is 0.000000858. The quantitative estimate of drug-likeness (QED) is 0.735. The molecule has 1 N–H and O–H groups in total. The summed E-state index contributed by atoms with van der Waals surface area (Å²) in [6.45, 7) is 6.05. The minimum absolute atomic E-state index is 0.0284. The lowest BCUT2D eigenvalue weighted by atomic mass is 10.0. The first-order chi connectivity index (χ1) is 14.8. The van der Waals surface area contributed by atoms with Crippen molar-refractivity contribution in [3.8, 4) is 5.75 Å². The maximum absolute atomic E-state index is 13.0. The minimum Gasteiger partial charge on any atom is -0.473 e. The molecule has 1 aliphatic carbocycles. The molecule has 1 amide bonds. The van der Waals surface area contributed by atoms with Gasteiger partial charge in [-0.1, -0.05) is 20.3 Å². The van der Waals surface area contributed by atoms with E-state index in [1.165, 1.54) is 17.4 Å². The summed E-state index contributed by atoms with van der Waals surface area (Å²) < 4.78 is 49.8. The summed E-state index contributed by atoms with van der Waals surface area (Å²) in [7, 11) is 0. The number of carbonyl (C=O) groups excluding carboxylic acids is 1. The van der Waals surface area contributed by atoms with E-state index in [2.05, 4.69) is 19.2 Å². The van der Waals surface area contributed by atoms with Crippen LogP contribution in [-0.4, -0.2) is 42.8 Å². The Morgan fingerprint density at radius 1 is 1.13 bits per heavy atom. The molecule has 8 heteroatoms. The molecule has 2 atom stereocenters. The lowest BCUT2D eigenvalue weighted by molar-refractivity contribution is -0.140. The Kier molecular flexibility index (Phi) is 8.22. The molecule has 2 fully saturated rings. The molecule has 31 heavy (non-hydrogen) atoms. The van der Waals surface area contributed by atoms with Gasteiger partial charge >= 0.3 is 6.18 Å². The summed E-state index contributed by atoms with van der Waals surface area (Å²) in [5, 5.41) is 3.64. The first kappa shape index (κ1) is 23.9. The fourth-order valence-electron chi connectivity index (χ4n) is 4.37. The number of amides is 1. The van der Waals surface area contributed by atoms with Crippen LogP contribution in [-0.2, 0) is 22.3 Å². The molecule has 4 rings (SSSR count). The molecule has 0 aromatic heterocycles. The van der Waals surface area contributed by atoms with Crippen LogP contribution in [0.1, 0.15) is 63.5 Å². The SMILES string of the molecule is CCC.O=C(C1CCC(NC2CCOCC2)C1)N1COc2ccc(C(F)(F)F)cc2C1. The Labute approximate surface area is 182 Å². The van der Waals surface area contributed by atoms with Crippen LogP contribution in [0.25, 0.3) is 0 Å². The monoisotopic (exact) mass is 442 g/mol. The molecule has 1 aromatic rings. The number of hydrogen-bond acceptors (Lipinski definition) is 4. The van der Waals surface area contributed by atoms with Gasteiger partial charge < -0.3 is 19.7 Å². The highest BCUT2D eigenvalue weighted by molar-refractivity contribution is 5.79. The zero-order valence-electron chi connectivity index (χ0n) is 18.3.